The van der Waals surface area contributed by atoms with Crippen LogP contribution in [0.1, 0.15) is 0 Å². The van der Waals surface area contributed by atoms with Crippen molar-refractivity contribution in [3.63, 3.8) is 0 Å². The molecule has 1 aliphatic heterocycles. The lowest BCUT2D eigenvalue weighted by molar-refractivity contribution is 0.122. The summed E-state index contributed by atoms with van der Waals surface area (Å²) in [5.41, 5.74) is 0.960. The maximum absolute atomic E-state index is 10.5. The van der Waals surface area contributed by atoms with Gasteiger partial charge in [-0.2, -0.15) is 0 Å². The molecule has 1 amide bonds. The van der Waals surface area contributed by atoms with E-state index in [1.165, 1.54) is 0 Å². The summed E-state index contributed by atoms with van der Waals surface area (Å²) in [6.45, 7) is 3.03. The van der Waals surface area contributed by atoms with Gasteiger partial charge < -0.3 is 14.7 Å². The molecule has 0 radical (unpaired) electrons. The lowest BCUT2D eigenvalue weighted by Crippen LogP contribution is -2.36. The molecule has 1 saturated heterocycles. The standard InChI is InChI=1S/C10H13N3O3/c14-10(15)12-9-7-8(1-2-11-9)13-3-5-16-6-4-13/h1-2,7H,3-6H2,(H,11,12)(H,14,15). The first-order valence-corrected chi connectivity index (χ1v) is 5.04. The molecule has 0 aliphatic carbocycles. The smallest absolute Gasteiger partial charge is 0.410 e. The highest BCUT2D eigenvalue weighted by atomic mass is 16.5. The zero-order chi connectivity index (χ0) is 11.4. The van der Waals surface area contributed by atoms with Gasteiger partial charge in [0.1, 0.15) is 5.82 Å². The number of nitrogens with one attached hydrogen (secondary N) is 1. The average molecular weight is 223 g/mol. The highest BCUT2D eigenvalue weighted by Crippen LogP contribution is 2.18. The summed E-state index contributed by atoms with van der Waals surface area (Å²) in [5.74, 6) is 0.344. The van der Waals surface area contributed by atoms with Gasteiger partial charge in [-0.1, -0.05) is 0 Å². The lowest BCUT2D eigenvalue weighted by atomic mass is 10.3. The summed E-state index contributed by atoms with van der Waals surface area (Å²) in [7, 11) is 0. The lowest BCUT2D eigenvalue weighted by Gasteiger charge is -2.28. The van der Waals surface area contributed by atoms with Gasteiger partial charge in [0.2, 0.25) is 0 Å². The second-order valence-electron chi connectivity index (χ2n) is 3.43. The number of nitrogens with zero attached hydrogens (tertiary/aromatic N) is 2. The second-order valence-corrected chi connectivity index (χ2v) is 3.43. The number of amides is 1. The van der Waals surface area contributed by atoms with Crippen LogP contribution in [-0.2, 0) is 4.74 Å². The fourth-order valence-electron chi connectivity index (χ4n) is 1.62. The molecule has 1 aliphatic rings. The highest BCUT2D eigenvalue weighted by Gasteiger charge is 2.11. The Morgan fingerprint density at radius 2 is 2.25 bits per heavy atom. The Hall–Kier alpha value is -1.82. The normalized spacial score (nSPS) is 15.9. The van der Waals surface area contributed by atoms with E-state index in [1.54, 1.807) is 12.3 Å². The van der Waals surface area contributed by atoms with Gasteiger partial charge >= 0.3 is 6.09 Å². The van der Waals surface area contributed by atoms with Crippen molar-refractivity contribution in [2.24, 2.45) is 0 Å². The van der Waals surface area contributed by atoms with Gasteiger partial charge in [-0.25, -0.2) is 9.78 Å². The number of pyridine rings is 1. The van der Waals surface area contributed by atoms with Gasteiger partial charge in [0.05, 0.1) is 13.2 Å². The topological polar surface area (TPSA) is 74.7 Å². The minimum Gasteiger partial charge on any atom is -0.465 e. The van der Waals surface area contributed by atoms with E-state index in [1.807, 2.05) is 6.07 Å². The van der Waals surface area contributed by atoms with E-state index >= 15 is 0 Å². The molecular weight excluding hydrogens is 210 g/mol. The van der Waals surface area contributed by atoms with Gasteiger partial charge in [0.15, 0.2) is 0 Å². The molecule has 0 unspecified atom stereocenters. The number of carboxylic acid groups (broad SMARTS) is 1. The summed E-state index contributed by atoms with van der Waals surface area (Å²) in [6, 6.07) is 3.58. The minimum absolute atomic E-state index is 0.344. The number of anilines is 2. The quantitative estimate of drug-likeness (QED) is 0.782. The number of carbonyl (C=O) groups is 1. The Morgan fingerprint density at radius 1 is 1.50 bits per heavy atom. The molecule has 0 aromatic carbocycles. The van der Waals surface area contributed by atoms with Gasteiger partial charge in [0, 0.05) is 31.0 Å². The molecule has 0 saturated carbocycles. The van der Waals surface area contributed by atoms with Crippen molar-refractivity contribution in [3.8, 4) is 0 Å². The molecule has 16 heavy (non-hydrogen) atoms. The first-order chi connectivity index (χ1) is 7.75. The van der Waals surface area contributed by atoms with Crippen molar-refractivity contribution in [2.45, 2.75) is 0 Å². The van der Waals surface area contributed by atoms with Crippen molar-refractivity contribution in [2.75, 3.05) is 36.5 Å². The maximum Gasteiger partial charge on any atom is 0.410 e. The molecule has 6 nitrogen and oxygen atoms in total. The minimum atomic E-state index is -1.10. The Labute approximate surface area is 92.8 Å². The molecular formula is C10H13N3O3. The highest BCUT2D eigenvalue weighted by molar-refractivity contribution is 5.82. The molecule has 2 N–H and O–H groups in total. The van der Waals surface area contributed by atoms with Gasteiger partial charge in [0.25, 0.3) is 0 Å². The molecule has 1 aromatic rings. The van der Waals surface area contributed by atoms with Crippen molar-refractivity contribution in [1.29, 1.82) is 0 Å². The SMILES string of the molecule is O=C(O)Nc1cc(N2CCOCC2)ccn1. The van der Waals surface area contributed by atoms with E-state index in [-0.39, 0.29) is 0 Å². The third kappa shape index (κ3) is 2.60. The van der Waals surface area contributed by atoms with Gasteiger partial charge in [-0.05, 0) is 6.07 Å². The molecule has 0 bridgehead atoms. The molecule has 2 heterocycles. The zero-order valence-electron chi connectivity index (χ0n) is 8.72. The monoisotopic (exact) mass is 223 g/mol. The zero-order valence-corrected chi connectivity index (χ0v) is 8.72. The third-order valence-corrected chi connectivity index (χ3v) is 2.35. The predicted molar refractivity (Wildman–Crippen MR) is 58.9 cm³/mol. The first kappa shape index (κ1) is 10.7. The molecule has 1 fully saturated rings. The van der Waals surface area contributed by atoms with Crippen LogP contribution in [0.5, 0.6) is 0 Å². The molecule has 2 rings (SSSR count). The summed E-state index contributed by atoms with van der Waals surface area (Å²) in [6.07, 6.45) is 0.488. The van der Waals surface area contributed by atoms with Crippen LogP contribution in [0.3, 0.4) is 0 Å². The van der Waals surface area contributed by atoms with Gasteiger partial charge in [-0.3, -0.25) is 5.32 Å². The van der Waals surface area contributed by atoms with E-state index in [9.17, 15) is 4.79 Å². The fourth-order valence-corrected chi connectivity index (χ4v) is 1.62. The van der Waals surface area contributed by atoms with Crippen LogP contribution >= 0.6 is 0 Å². The number of rotatable bonds is 2. The predicted octanol–water partition coefficient (Wildman–Crippen LogP) is 1.01. The number of hydrogen-bond acceptors (Lipinski definition) is 4. The van der Waals surface area contributed by atoms with E-state index in [2.05, 4.69) is 15.2 Å². The fraction of sp³-hybridized carbons (Fsp3) is 0.400. The maximum atomic E-state index is 10.5. The van der Waals surface area contributed by atoms with Crippen LogP contribution in [0.2, 0.25) is 0 Å². The van der Waals surface area contributed by atoms with Crippen LogP contribution in [0, 0.1) is 0 Å². The molecule has 0 spiro atoms. The van der Waals surface area contributed by atoms with Crippen molar-refractivity contribution in [1.82, 2.24) is 4.98 Å². The number of aromatic nitrogens is 1. The number of ether oxygens (including phenoxy) is 1. The van der Waals surface area contributed by atoms with Crippen molar-refractivity contribution < 1.29 is 14.6 Å². The third-order valence-electron chi connectivity index (χ3n) is 2.35. The van der Waals surface area contributed by atoms with Crippen molar-refractivity contribution >= 4 is 17.6 Å². The van der Waals surface area contributed by atoms with E-state index in [0.29, 0.717) is 19.0 Å². The Bertz CT molecular complexity index is 377. The van der Waals surface area contributed by atoms with Crippen LogP contribution in [0.25, 0.3) is 0 Å². The van der Waals surface area contributed by atoms with E-state index in [0.717, 1.165) is 18.8 Å². The summed E-state index contributed by atoms with van der Waals surface area (Å²) >= 11 is 0. The van der Waals surface area contributed by atoms with Crippen LogP contribution in [0.15, 0.2) is 18.3 Å². The average Bonchev–Trinajstić information content (AvgIpc) is 2.30. The van der Waals surface area contributed by atoms with E-state index < -0.39 is 6.09 Å². The largest absolute Gasteiger partial charge is 0.465 e. The van der Waals surface area contributed by atoms with Crippen LogP contribution in [-0.4, -0.2) is 42.5 Å². The number of hydrogen-bond donors (Lipinski definition) is 2. The van der Waals surface area contributed by atoms with E-state index in [4.69, 9.17) is 9.84 Å². The summed E-state index contributed by atoms with van der Waals surface area (Å²) < 4.78 is 5.25. The van der Waals surface area contributed by atoms with Crippen LogP contribution in [0.4, 0.5) is 16.3 Å². The molecule has 0 atom stereocenters. The molecule has 86 valence electrons. The summed E-state index contributed by atoms with van der Waals surface area (Å²) in [5, 5.41) is 10.8. The summed E-state index contributed by atoms with van der Waals surface area (Å²) in [4.78, 5) is 16.5. The number of morpholine rings is 1. The second kappa shape index (κ2) is 4.80. The Balaban J connectivity index is 2.11. The van der Waals surface area contributed by atoms with Crippen LogP contribution < -0.4 is 10.2 Å². The first-order valence-electron chi connectivity index (χ1n) is 5.04. The molecule has 1 aromatic heterocycles. The van der Waals surface area contributed by atoms with Gasteiger partial charge in [-0.15, -0.1) is 0 Å². The van der Waals surface area contributed by atoms with Crippen molar-refractivity contribution in [3.05, 3.63) is 18.3 Å². The Kier molecular flexibility index (Phi) is 3.21. The Morgan fingerprint density at radius 3 is 2.94 bits per heavy atom. The molecule has 6 heteroatoms.